The summed E-state index contributed by atoms with van der Waals surface area (Å²) >= 11 is 1.49. The van der Waals surface area contributed by atoms with Crippen molar-refractivity contribution in [1.29, 1.82) is 0 Å². The standard InChI is InChI=1S/C39H36N6O5S/c1-25-35(24-51-39-42-43-44-45(39)32-16-18-33(47)19-17-32)49-38(50-36(25)28-10-8-26(23-46)9-11-28)29-14-12-27(13-15-29)34-7-3-2-5-30(34)22-41-37(48)31-6-4-20-40-21-31/h2-21,25,35-36,38,46-47H,22-24H2,1H3,(H,41,48)/t25-,35+,36+,38+/m1/s1. The Bertz CT molecular complexity index is 2060. The summed E-state index contributed by atoms with van der Waals surface area (Å²) in [6, 6.07) is 34.1. The molecule has 4 atom stereocenters. The first-order valence-corrected chi connectivity index (χ1v) is 17.5. The second-order valence-corrected chi connectivity index (χ2v) is 13.2. The molecule has 12 heteroatoms. The third-order valence-electron chi connectivity index (χ3n) is 8.91. The first kappa shape index (κ1) is 34.1. The smallest absolute Gasteiger partial charge is 0.253 e. The monoisotopic (exact) mass is 700 g/mol. The van der Waals surface area contributed by atoms with Gasteiger partial charge in [0.25, 0.3) is 5.91 Å². The predicted molar refractivity (Wildman–Crippen MR) is 192 cm³/mol. The van der Waals surface area contributed by atoms with Gasteiger partial charge in [-0.2, -0.15) is 4.68 Å². The van der Waals surface area contributed by atoms with Crippen LogP contribution in [0.15, 0.2) is 127 Å². The van der Waals surface area contributed by atoms with Gasteiger partial charge in [-0.3, -0.25) is 9.78 Å². The van der Waals surface area contributed by atoms with Crippen LogP contribution in [-0.2, 0) is 22.6 Å². The molecular weight excluding hydrogens is 665 g/mol. The van der Waals surface area contributed by atoms with Gasteiger partial charge in [0.05, 0.1) is 30.1 Å². The number of pyridine rings is 1. The fourth-order valence-electron chi connectivity index (χ4n) is 6.04. The molecule has 7 rings (SSSR count). The Hall–Kier alpha value is -5.40. The molecule has 0 unspecified atom stereocenters. The number of hydrogen-bond acceptors (Lipinski definition) is 10. The lowest BCUT2D eigenvalue weighted by Crippen LogP contribution is -2.38. The summed E-state index contributed by atoms with van der Waals surface area (Å²) in [4.78, 5) is 16.7. The molecule has 3 heterocycles. The number of phenols is 1. The van der Waals surface area contributed by atoms with E-state index in [-0.39, 0.29) is 36.4 Å². The van der Waals surface area contributed by atoms with Crippen molar-refractivity contribution < 1.29 is 24.5 Å². The molecule has 258 valence electrons. The van der Waals surface area contributed by atoms with Crippen LogP contribution in [0.2, 0.25) is 0 Å². The highest BCUT2D eigenvalue weighted by Crippen LogP contribution is 2.43. The topological polar surface area (TPSA) is 145 Å². The highest BCUT2D eigenvalue weighted by Gasteiger charge is 2.38. The van der Waals surface area contributed by atoms with Gasteiger partial charge in [0, 0.05) is 36.2 Å². The number of hydrogen-bond donors (Lipinski definition) is 3. The van der Waals surface area contributed by atoms with Crippen molar-refractivity contribution in [3.63, 3.8) is 0 Å². The average Bonchev–Trinajstić information content (AvgIpc) is 3.66. The largest absolute Gasteiger partial charge is 0.508 e. The van der Waals surface area contributed by atoms with Gasteiger partial charge in [0.2, 0.25) is 5.16 Å². The van der Waals surface area contributed by atoms with E-state index in [1.54, 1.807) is 53.5 Å². The van der Waals surface area contributed by atoms with E-state index in [0.717, 1.165) is 39.1 Å². The molecule has 1 amide bonds. The van der Waals surface area contributed by atoms with Gasteiger partial charge in [-0.25, -0.2) is 0 Å². The Kier molecular flexibility index (Phi) is 10.5. The number of ether oxygens (including phenoxy) is 2. The van der Waals surface area contributed by atoms with Gasteiger partial charge in [0.1, 0.15) is 5.75 Å². The van der Waals surface area contributed by atoms with Crippen molar-refractivity contribution >= 4 is 17.7 Å². The lowest BCUT2D eigenvalue weighted by Gasteiger charge is -2.41. The van der Waals surface area contributed by atoms with E-state index in [1.807, 2.05) is 72.8 Å². The van der Waals surface area contributed by atoms with E-state index >= 15 is 0 Å². The third kappa shape index (κ3) is 7.84. The zero-order valence-electron chi connectivity index (χ0n) is 27.7. The number of nitrogens with zero attached hydrogens (tertiary/aromatic N) is 5. The molecular formula is C39H36N6O5S. The van der Waals surface area contributed by atoms with Crippen LogP contribution in [0.3, 0.4) is 0 Å². The number of aromatic hydroxyl groups is 1. The number of carbonyl (C=O) groups is 1. The van der Waals surface area contributed by atoms with Crippen LogP contribution in [-0.4, -0.2) is 53.2 Å². The summed E-state index contributed by atoms with van der Waals surface area (Å²) in [6.45, 7) is 2.45. The highest BCUT2D eigenvalue weighted by molar-refractivity contribution is 7.99. The summed E-state index contributed by atoms with van der Waals surface area (Å²) < 4.78 is 15.0. The number of aromatic nitrogens is 5. The SMILES string of the molecule is C[C@@H]1[C@H](CSc2nnnn2-c2ccc(O)cc2)O[C@H](c2ccc(-c3ccccc3CNC(=O)c3cccnc3)cc2)O[C@@H]1c1ccc(CO)cc1. The van der Waals surface area contributed by atoms with Crippen LogP contribution in [0.5, 0.6) is 5.75 Å². The summed E-state index contributed by atoms with van der Waals surface area (Å²) in [6.07, 6.45) is 2.03. The van der Waals surface area contributed by atoms with E-state index < -0.39 is 6.29 Å². The molecule has 11 nitrogen and oxygen atoms in total. The van der Waals surface area contributed by atoms with Crippen molar-refractivity contribution in [2.24, 2.45) is 5.92 Å². The molecule has 0 radical (unpaired) electrons. The Morgan fingerprint density at radius 1 is 0.902 bits per heavy atom. The van der Waals surface area contributed by atoms with E-state index in [9.17, 15) is 15.0 Å². The van der Waals surface area contributed by atoms with Gasteiger partial charge in [-0.1, -0.05) is 91.5 Å². The first-order valence-electron chi connectivity index (χ1n) is 16.5. The molecule has 0 saturated carbocycles. The van der Waals surface area contributed by atoms with Crippen LogP contribution >= 0.6 is 11.8 Å². The van der Waals surface area contributed by atoms with E-state index in [1.165, 1.54) is 11.8 Å². The Morgan fingerprint density at radius 2 is 1.67 bits per heavy atom. The van der Waals surface area contributed by atoms with Gasteiger partial charge in [-0.15, -0.1) is 5.10 Å². The number of nitrogens with one attached hydrogen (secondary N) is 1. The highest BCUT2D eigenvalue weighted by atomic mass is 32.2. The minimum absolute atomic E-state index is 0.0280. The van der Waals surface area contributed by atoms with Crippen LogP contribution in [0.25, 0.3) is 16.8 Å². The number of thioether (sulfide) groups is 1. The van der Waals surface area contributed by atoms with E-state index in [4.69, 9.17) is 9.47 Å². The summed E-state index contributed by atoms with van der Waals surface area (Å²) in [7, 11) is 0. The van der Waals surface area contributed by atoms with Crippen molar-refractivity contribution in [3.05, 3.63) is 149 Å². The van der Waals surface area contributed by atoms with Crippen LogP contribution in [0.1, 0.15) is 51.9 Å². The van der Waals surface area contributed by atoms with Gasteiger partial charge < -0.3 is 25.0 Å². The number of carbonyl (C=O) groups excluding carboxylic acids is 1. The van der Waals surface area contributed by atoms with Crippen molar-refractivity contribution in [3.8, 4) is 22.6 Å². The molecule has 0 spiro atoms. The molecule has 1 saturated heterocycles. The predicted octanol–water partition coefficient (Wildman–Crippen LogP) is 6.44. The molecule has 3 N–H and O–H groups in total. The maximum Gasteiger partial charge on any atom is 0.253 e. The third-order valence-corrected chi connectivity index (χ3v) is 9.92. The number of tetrazole rings is 1. The van der Waals surface area contributed by atoms with Crippen molar-refractivity contribution in [1.82, 2.24) is 30.5 Å². The Balaban J connectivity index is 1.11. The molecule has 1 fully saturated rings. The zero-order chi connectivity index (χ0) is 35.2. The zero-order valence-corrected chi connectivity index (χ0v) is 28.6. The van der Waals surface area contributed by atoms with Gasteiger partial charge >= 0.3 is 0 Å². The van der Waals surface area contributed by atoms with E-state index in [0.29, 0.717) is 23.0 Å². The molecule has 0 aliphatic carbocycles. The minimum atomic E-state index is -0.648. The summed E-state index contributed by atoms with van der Waals surface area (Å²) in [5.74, 6) is 0.511. The van der Waals surface area contributed by atoms with Gasteiger partial charge in [-0.05, 0) is 74.6 Å². The molecule has 4 aromatic carbocycles. The first-order chi connectivity index (χ1) is 25.0. The maximum atomic E-state index is 12.7. The average molecular weight is 701 g/mol. The lowest BCUT2D eigenvalue weighted by molar-refractivity contribution is -0.268. The molecule has 0 bridgehead atoms. The summed E-state index contributed by atoms with van der Waals surface area (Å²) in [5, 5.41) is 35.2. The lowest BCUT2D eigenvalue weighted by atomic mass is 9.91. The molecule has 6 aromatic rings. The van der Waals surface area contributed by atoms with E-state index in [2.05, 4.69) is 32.7 Å². The normalized spacial score (nSPS) is 18.7. The van der Waals surface area contributed by atoms with Gasteiger partial charge in [0.15, 0.2) is 6.29 Å². The second-order valence-electron chi connectivity index (χ2n) is 12.2. The maximum absolute atomic E-state index is 12.7. The van der Waals surface area contributed by atoms with Crippen molar-refractivity contribution in [2.45, 2.75) is 43.7 Å². The minimum Gasteiger partial charge on any atom is -0.508 e. The number of aliphatic hydroxyl groups excluding tert-OH is 1. The molecule has 2 aromatic heterocycles. The number of benzene rings is 4. The number of phenolic OH excluding ortho intramolecular Hbond substituents is 1. The fraction of sp³-hybridized carbons (Fsp3) is 0.205. The number of amides is 1. The summed E-state index contributed by atoms with van der Waals surface area (Å²) in [5.41, 5.74) is 6.94. The fourth-order valence-corrected chi connectivity index (χ4v) is 7.10. The number of rotatable bonds is 11. The van der Waals surface area contributed by atoms with Crippen LogP contribution in [0, 0.1) is 5.92 Å². The quantitative estimate of drug-likeness (QED) is 0.129. The molecule has 1 aliphatic heterocycles. The van der Waals surface area contributed by atoms with Crippen LogP contribution < -0.4 is 5.32 Å². The van der Waals surface area contributed by atoms with Crippen molar-refractivity contribution in [2.75, 3.05) is 5.75 Å². The number of aliphatic hydroxyl groups is 1. The molecule has 51 heavy (non-hydrogen) atoms. The van der Waals surface area contributed by atoms with Crippen LogP contribution in [0.4, 0.5) is 0 Å². The Labute approximate surface area is 299 Å². The molecule has 1 aliphatic rings. The Morgan fingerprint density at radius 3 is 2.41 bits per heavy atom. The second kappa shape index (κ2) is 15.7.